The number of aromatic nitrogens is 3. The monoisotopic (exact) mass is 513 g/mol. The number of hydrogen-bond donors (Lipinski definition) is 4. The van der Waals surface area contributed by atoms with Gasteiger partial charge in [0.1, 0.15) is 11.6 Å². The summed E-state index contributed by atoms with van der Waals surface area (Å²) in [7, 11) is 1.58. The van der Waals surface area contributed by atoms with Crippen molar-refractivity contribution in [2.24, 2.45) is 11.0 Å². The molecule has 0 saturated carbocycles. The molecular weight excluding hydrogens is 485 g/mol. The van der Waals surface area contributed by atoms with Crippen molar-refractivity contribution in [1.82, 2.24) is 25.8 Å². The molecule has 1 aromatic heterocycles. The first kappa shape index (κ1) is 25.5. The van der Waals surface area contributed by atoms with Crippen LogP contribution in [0.25, 0.3) is 0 Å². The molecule has 2 heterocycles. The summed E-state index contributed by atoms with van der Waals surface area (Å²) in [6.07, 6.45) is 1.79. The molecule has 1 aliphatic heterocycles. The van der Waals surface area contributed by atoms with Crippen molar-refractivity contribution in [2.75, 3.05) is 42.4 Å². The number of ether oxygens (including phenoxy) is 1. The molecule has 0 radical (unpaired) electrons. The maximum atomic E-state index is 13.3. The molecule has 36 heavy (non-hydrogen) atoms. The zero-order chi connectivity index (χ0) is 25.5. The summed E-state index contributed by atoms with van der Waals surface area (Å²) in [5.41, 5.74) is 10.9. The maximum absolute atomic E-state index is 13.3. The van der Waals surface area contributed by atoms with Gasteiger partial charge in [-0.25, -0.2) is 15.2 Å². The minimum absolute atomic E-state index is 0.0281. The Kier molecular flexibility index (Phi) is 8.47. The zero-order valence-electron chi connectivity index (χ0n) is 20.3. The Morgan fingerprint density at radius 3 is 2.61 bits per heavy atom. The normalized spacial score (nSPS) is 17.4. The van der Waals surface area contributed by atoms with E-state index in [2.05, 4.69) is 41.6 Å². The lowest BCUT2D eigenvalue weighted by Gasteiger charge is -2.20. The van der Waals surface area contributed by atoms with Gasteiger partial charge >= 0.3 is 0 Å². The summed E-state index contributed by atoms with van der Waals surface area (Å²) >= 11 is 6.18. The number of hydrazine groups is 1. The maximum Gasteiger partial charge on any atom is 0.250 e. The molecule has 10 nitrogen and oxygen atoms in total. The quantitative estimate of drug-likeness (QED) is 0.235. The van der Waals surface area contributed by atoms with Crippen LogP contribution in [0.15, 0.2) is 47.6 Å². The van der Waals surface area contributed by atoms with Crippen molar-refractivity contribution < 1.29 is 9.13 Å². The Labute approximate surface area is 214 Å². The van der Waals surface area contributed by atoms with E-state index in [1.807, 2.05) is 18.7 Å². The van der Waals surface area contributed by atoms with Crippen molar-refractivity contribution >= 4 is 41.3 Å². The molecule has 12 heteroatoms. The Balaban J connectivity index is 1.55. The van der Waals surface area contributed by atoms with E-state index in [1.165, 1.54) is 12.1 Å². The van der Waals surface area contributed by atoms with Crippen molar-refractivity contribution in [2.45, 2.75) is 19.9 Å². The van der Waals surface area contributed by atoms with E-state index in [1.54, 1.807) is 43.7 Å². The number of nitrogens with one attached hydrogen (secondary N) is 4. The third kappa shape index (κ3) is 6.17. The van der Waals surface area contributed by atoms with Gasteiger partial charge in [-0.05, 0) is 49.7 Å². The molecule has 0 aliphatic carbocycles. The molecule has 4 rings (SSSR count). The van der Waals surface area contributed by atoms with E-state index in [4.69, 9.17) is 16.3 Å². The fourth-order valence-electron chi connectivity index (χ4n) is 3.86. The van der Waals surface area contributed by atoms with Gasteiger partial charge in [0, 0.05) is 36.8 Å². The average molecular weight is 514 g/mol. The lowest BCUT2D eigenvalue weighted by atomic mass is 9.96. The van der Waals surface area contributed by atoms with Crippen molar-refractivity contribution in [3.8, 4) is 5.75 Å². The molecule has 1 aliphatic rings. The van der Waals surface area contributed by atoms with Crippen LogP contribution in [0.4, 0.5) is 27.9 Å². The minimum atomic E-state index is -0.268. The number of hydrogen-bond acceptors (Lipinski definition) is 10. The van der Waals surface area contributed by atoms with E-state index >= 15 is 0 Å². The van der Waals surface area contributed by atoms with Crippen LogP contribution in [-0.2, 0) is 0 Å². The van der Waals surface area contributed by atoms with Gasteiger partial charge in [0.15, 0.2) is 0 Å². The van der Waals surface area contributed by atoms with E-state index in [-0.39, 0.29) is 23.7 Å². The first-order chi connectivity index (χ1) is 17.5. The summed E-state index contributed by atoms with van der Waals surface area (Å²) in [5.74, 6) is 1.47. The molecule has 0 spiro atoms. The Hall–Kier alpha value is -3.54. The van der Waals surface area contributed by atoms with Crippen LogP contribution in [-0.4, -0.2) is 47.9 Å². The fourth-order valence-corrected chi connectivity index (χ4v) is 4.03. The van der Waals surface area contributed by atoms with Crippen LogP contribution in [0.2, 0.25) is 5.02 Å². The van der Waals surface area contributed by atoms with Crippen molar-refractivity contribution in [3.63, 3.8) is 0 Å². The van der Waals surface area contributed by atoms with E-state index in [0.29, 0.717) is 34.9 Å². The SMILES string of the molecule is CCN(CC)c1nc(N/N=C/C2CNNC2c2ccc(F)cc2)nc(Nc2cc(Cl)ccc2OC)n1. The molecule has 0 bridgehead atoms. The molecule has 190 valence electrons. The highest BCUT2D eigenvalue weighted by molar-refractivity contribution is 6.31. The van der Waals surface area contributed by atoms with Crippen LogP contribution in [0.5, 0.6) is 5.75 Å². The number of anilines is 4. The highest BCUT2D eigenvalue weighted by Crippen LogP contribution is 2.30. The molecule has 1 saturated heterocycles. The summed E-state index contributed by atoms with van der Waals surface area (Å²) in [6, 6.07) is 11.6. The fraction of sp³-hybridized carbons (Fsp3) is 0.333. The number of hydrazone groups is 1. The standard InChI is InChI=1S/C24H29ClFN9O/c1-4-35(5-2)24-31-22(29-19-12-17(25)8-11-20(19)36-3)30-23(32-24)34-28-14-16-13-27-33-21(16)15-6-9-18(26)10-7-15/h6-12,14,16,21,27,33H,4-5,13H2,1-3H3,(H2,29,30,31,32,34)/b28-14+. The van der Waals surface area contributed by atoms with E-state index < -0.39 is 0 Å². The van der Waals surface area contributed by atoms with Crippen molar-refractivity contribution in [1.29, 1.82) is 0 Å². The van der Waals surface area contributed by atoms with Gasteiger partial charge in [0.25, 0.3) is 0 Å². The molecule has 3 aromatic rings. The van der Waals surface area contributed by atoms with Gasteiger partial charge in [0.2, 0.25) is 17.8 Å². The zero-order valence-corrected chi connectivity index (χ0v) is 21.1. The highest BCUT2D eigenvalue weighted by Gasteiger charge is 2.27. The predicted octanol–water partition coefficient (Wildman–Crippen LogP) is 4.13. The van der Waals surface area contributed by atoms with Crippen molar-refractivity contribution in [3.05, 3.63) is 58.9 Å². The summed E-state index contributed by atoms with van der Waals surface area (Å²) < 4.78 is 18.7. The number of methoxy groups -OCH3 is 1. The molecular formula is C24H29ClFN9O. The predicted molar refractivity (Wildman–Crippen MR) is 141 cm³/mol. The minimum Gasteiger partial charge on any atom is -0.495 e. The van der Waals surface area contributed by atoms with Gasteiger partial charge in [-0.1, -0.05) is 23.7 Å². The lowest BCUT2D eigenvalue weighted by Crippen LogP contribution is -2.25. The number of benzene rings is 2. The molecule has 2 atom stereocenters. The Bertz CT molecular complexity index is 1190. The first-order valence-corrected chi connectivity index (χ1v) is 12.0. The number of nitrogens with zero attached hydrogens (tertiary/aromatic N) is 5. The second kappa shape index (κ2) is 11.9. The van der Waals surface area contributed by atoms with Gasteiger partial charge in [-0.3, -0.25) is 5.43 Å². The van der Waals surface area contributed by atoms with Gasteiger partial charge in [-0.15, -0.1) is 0 Å². The third-order valence-electron chi connectivity index (χ3n) is 5.76. The molecule has 0 amide bonds. The van der Waals surface area contributed by atoms with Crippen LogP contribution in [0.3, 0.4) is 0 Å². The molecule has 4 N–H and O–H groups in total. The number of halogens is 2. The molecule has 1 fully saturated rings. The van der Waals surface area contributed by atoms with Crippen LogP contribution < -0.4 is 31.2 Å². The second-order valence-electron chi connectivity index (χ2n) is 8.03. The van der Waals surface area contributed by atoms with Gasteiger partial charge in [-0.2, -0.15) is 20.1 Å². The van der Waals surface area contributed by atoms with Crippen LogP contribution >= 0.6 is 11.6 Å². The van der Waals surface area contributed by atoms with Gasteiger partial charge in [0.05, 0.1) is 18.8 Å². The lowest BCUT2D eigenvalue weighted by molar-refractivity contribution is 0.417. The smallest absolute Gasteiger partial charge is 0.250 e. The first-order valence-electron chi connectivity index (χ1n) is 11.6. The summed E-state index contributed by atoms with van der Waals surface area (Å²) in [6.45, 7) is 6.17. The van der Waals surface area contributed by atoms with Crippen LogP contribution in [0.1, 0.15) is 25.5 Å². The summed E-state index contributed by atoms with van der Waals surface area (Å²) in [4.78, 5) is 15.6. The van der Waals surface area contributed by atoms with E-state index in [0.717, 1.165) is 18.7 Å². The molecule has 2 aromatic carbocycles. The third-order valence-corrected chi connectivity index (χ3v) is 6.00. The van der Waals surface area contributed by atoms with E-state index in [9.17, 15) is 4.39 Å². The number of rotatable bonds is 10. The average Bonchev–Trinajstić information content (AvgIpc) is 3.34. The second-order valence-corrected chi connectivity index (χ2v) is 8.47. The van der Waals surface area contributed by atoms with Gasteiger partial charge < -0.3 is 15.0 Å². The van der Waals surface area contributed by atoms with Crippen LogP contribution in [0, 0.1) is 11.7 Å². The Morgan fingerprint density at radius 1 is 1.14 bits per heavy atom. The topological polar surface area (TPSA) is 112 Å². The molecule has 2 unspecified atom stereocenters. The largest absolute Gasteiger partial charge is 0.495 e. The summed E-state index contributed by atoms with van der Waals surface area (Å²) in [5, 5.41) is 8.11. The Morgan fingerprint density at radius 2 is 1.89 bits per heavy atom. The highest BCUT2D eigenvalue weighted by atomic mass is 35.5.